The number of aliphatic carboxylic acids is 1. The van der Waals surface area contributed by atoms with Gasteiger partial charge < -0.3 is 15.2 Å². The normalized spacial score (nSPS) is 41.2. The standard InChI is InChI=1S/C46H68N2O5/c1-27(2)37-33(49)24-46(21-22-47-25-29-12-11-28(3)48-26-29)20-19-44(9)30(38(37)46)13-14-35-43(8)17-16-36(42(6,7)34(43)15-18-45(35,44)10)53-40(52)32-23-31(39(50)51)41(32,4)5/h11-12,26-27,30-32,34-36,47H,13-25H2,1-10H3,(H,50,51)/t30-,31+,32-,34+,35-,36+,43+,44-,45-,46-/m1/s1. The third-order valence-electron chi connectivity index (χ3n) is 17.7. The zero-order valence-electron chi connectivity index (χ0n) is 34.5. The third kappa shape index (κ3) is 5.73. The molecular formula is C46H68N2O5. The van der Waals surface area contributed by atoms with Gasteiger partial charge >= 0.3 is 11.9 Å². The molecular weight excluding hydrogens is 661 g/mol. The molecule has 53 heavy (non-hydrogen) atoms. The Hall–Kier alpha value is -2.54. The number of hydrogen-bond acceptors (Lipinski definition) is 6. The van der Waals surface area contributed by atoms with Crippen LogP contribution in [0.4, 0.5) is 0 Å². The predicted octanol–water partition coefficient (Wildman–Crippen LogP) is 9.51. The molecule has 6 aliphatic rings. The average Bonchev–Trinajstić information content (AvgIpc) is 3.37. The highest BCUT2D eigenvalue weighted by Gasteiger charge is 2.70. The molecule has 0 spiro atoms. The van der Waals surface area contributed by atoms with E-state index in [1.54, 1.807) is 5.57 Å². The molecule has 2 N–H and O–H groups in total. The largest absolute Gasteiger partial charge is 0.481 e. The van der Waals surface area contributed by atoms with Gasteiger partial charge in [-0.25, -0.2) is 0 Å². The van der Waals surface area contributed by atoms with E-state index in [0.717, 1.165) is 57.3 Å². The first kappa shape index (κ1) is 38.7. The molecule has 1 heterocycles. The molecule has 1 aromatic rings. The molecule has 5 saturated carbocycles. The second kappa shape index (κ2) is 13.0. The van der Waals surface area contributed by atoms with Crippen LogP contribution in [0.3, 0.4) is 0 Å². The Balaban J connectivity index is 1.11. The number of carbonyl (C=O) groups excluding carboxylic acids is 2. The van der Waals surface area contributed by atoms with Gasteiger partial charge in [0.15, 0.2) is 5.78 Å². The molecule has 0 bridgehead atoms. The molecule has 7 heteroatoms. The van der Waals surface area contributed by atoms with Crippen LogP contribution in [0, 0.1) is 74.9 Å². The van der Waals surface area contributed by atoms with Crippen molar-refractivity contribution in [3.8, 4) is 0 Å². The lowest BCUT2D eigenvalue weighted by Crippen LogP contribution is -2.66. The van der Waals surface area contributed by atoms with E-state index in [-0.39, 0.29) is 51.0 Å². The number of fused-ring (bicyclic) bond motifs is 7. The van der Waals surface area contributed by atoms with Crippen LogP contribution >= 0.6 is 0 Å². The minimum atomic E-state index is -0.815. The number of pyridine rings is 1. The van der Waals surface area contributed by atoms with E-state index in [0.29, 0.717) is 36.4 Å². The van der Waals surface area contributed by atoms with Gasteiger partial charge in [0, 0.05) is 35.7 Å². The van der Waals surface area contributed by atoms with E-state index in [1.807, 2.05) is 27.0 Å². The van der Waals surface area contributed by atoms with Crippen LogP contribution in [0.25, 0.3) is 0 Å². The molecule has 10 atom stereocenters. The van der Waals surface area contributed by atoms with Crippen molar-refractivity contribution in [3.05, 3.63) is 40.7 Å². The van der Waals surface area contributed by atoms with Crippen LogP contribution < -0.4 is 5.32 Å². The van der Waals surface area contributed by atoms with Gasteiger partial charge in [-0.2, -0.15) is 0 Å². The SMILES string of the molecule is Cc1ccc(CNCC[C@@]23CC[C@]4(C)[C@H](CC[C@@H]5[C@@]6(C)CC[C@H](OC(=O)[C@H]7C[C@@H](C(=O)O)C7(C)C)C(C)(C)[C@@H]6CC[C@]54C)C2=C(C(C)C)C(=O)C3)cn1. The van der Waals surface area contributed by atoms with Gasteiger partial charge in [0.25, 0.3) is 0 Å². The Morgan fingerprint density at radius 3 is 2.28 bits per heavy atom. The summed E-state index contributed by atoms with van der Waals surface area (Å²) in [6.45, 7) is 24.5. The molecule has 1 aromatic heterocycles. The number of ether oxygens (including phenoxy) is 1. The third-order valence-corrected chi connectivity index (χ3v) is 17.7. The lowest BCUT2D eigenvalue weighted by atomic mass is 9.33. The Kier molecular flexibility index (Phi) is 9.51. The number of rotatable bonds is 9. The smallest absolute Gasteiger partial charge is 0.309 e. The summed E-state index contributed by atoms with van der Waals surface area (Å²) < 4.78 is 6.43. The number of ketones is 1. The fourth-order valence-corrected chi connectivity index (χ4v) is 14.4. The van der Waals surface area contributed by atoms with E-state index in [2.05, 4.69) is 70.9 Å². The average molecular weight is 729 g/mol. The maximum Gasteiger partial charge on any atom is 0.309 e. The van der Waals surface area contributed by atoms with Crippen molar-refractivity contribution in [3.63, 3.8) is 0 Å². The molecule has 0 amide bonds. The van der Waals surface area contributed by atoms with E-state index >= 15 is 0 Å². The van der Waals surface area contributed by atoms with Crippen LogP contribution in [-0.2, 0) is 25.7 Å². The first-order chi connectivity index (χ1) is 24.7. The number of aryl methyl sites for hydroxylation is 1. The topological polar surface area (TPSA) is 106 Å². The van der Waals surface area contributed by atoms with Crippen LogP contribution in [0.5, 0.6) is 0 Å². The highest BCUT2D eigenvalue weighted by molar-refractivity contribution is 6.00. The van der Waals surface area contributed by atoms with Gasteiger partial charge in [-0.1, -0.05) is 74.0 Å². The minimum Gasteiger partial charge on any atom is -0.481 e. The minimum absolute atomic E-state index is 0.0346. The van der Waals surface area contributed by atoms with Crippen LogP contribution in [0.15, 0.2) is 29.5 Å². The van der Waals surface area contributed by atoms with Gasteiger partial charge in [0.2, 0.25) is 0 Å². The quantitative estimate of drug-likeness (QED) is 0.193. The number of allylic oxidation sites excluding steroid dienone is 2. The number of aromatic nitrogens is 1. The molecule has 0 radical (unpaired) electrons. The van der Waals surface area contributed by atoms with Crippen molar-refractivity contribution < 1.29 is 24.2 Å². The highest BCUT2D eigenvalue weighted by Crippen LogP contribution is 2.77. The lowest BCUT2D eigenvalue weighted by molar-refractivity contribution is -0.236. The summed E-state index contributed by atoms with van der Waals surface area (Å²) in [5.41, 5.74) is 4.59. The fraction of sp³-hybridized carbons (Fsp3) is 0.783. The van der Waals surface area contributed by atoms with Gasteiger partial charge in [-0.15, -0.1) is 0 Å². The number of nitrogens with zero attached hydrogens (tertiary/aromatic N) is 1. The molecule has 5 fully saturated rings. The van der Waals surface area contributed by atoms with Gasteiger partial charge in [0.05, 0.1) is 11.8 Å². The van der Waals surface area contributed by atoms with Crippen LogP contribution in [-0.4, -0.2) is 40.5 Å². The summed E-state index contributed by atoms with van der Waals surface area (Å²) in [5, 5.41) is 13.4. The summed E-state index contributed by atoms with van der Waals surface area (Å²) in [5.74, 6) is 0.241. The number of Topliss-reactive ketones (excluding diaryl/α,β-unsaturated/α-hetero) is 1. The van der Waals surface area contributed by atoms with Gasteiger partial charge in [-0.05, 0) is 140 Å². The predicted molar refractivity (Wildman–Crippen MR) is 208 cm³/mol. The van der Waals surface area contributed by atoms with E-state index in [4.69, 9.17) is 4.74 Å². The molecule has 292 valence electrons. The van der Waals surface area contributed by atoms with Crippen molar-refractivity contribution >= 4 is 17.7 Å². The molecule has 0 aromatic carbocycles. The number of hydrogen-bond donors (Lipinski definition) is 2. The fourth-order valence-electron chi connectivity index (χ4n) is 14.4. The Morgan fingerprint density at radius 1 is 0.906 bits per heavy atom. The zero-order valence-corrected chi connectivity index (χ0v) is 34.5. The monoisotopic (exact) mass is 729 g/mol. The van der Waals surface area contributed by atoms with Crippen molar-refractivity contribution in [1.82, 2.24) is 10.3 Å². The van der Waals surface area contributed by atoms with Gasteiger partial charge in [-0.3, -0.25) is 19.4 Å². The number of carboxylic acid groups (broad SMARTS) is 1. The van der Waals surface area contributed by atoms with E-state index in [9.17, 15) is 19.5 Å². The van der Waals surface area contributed by atoms with Crippen molar-refractivity contribution in [2.45, 2.75) is 153 Å². The summed E-state index contributed by atoms with van der Waals surface area (Å²) in [4.78, 5) is 43.9. The first-order valence-electron chi connectivity index (χ1n) is 21.1. The first-order valence-corrected chi connectivity index (χ1v) is 21.1. The van der Waals surface area contributed by atoms with Crippen molar-refractivity contribution in [1.29, 1.82) is 0 Å². The van der Waals surface area contributed by atoms with E-state index in [1.165, 1.54) is 30.4 Å². The van der Waals surface area contributed by atoms with Gasteiger partial charge in [0.1, 0.15) is 6.10 Å². The summed E-state index contributed by atoms with van der Waals surface area (Å²) >= 11 is 0. The molecule has 0 saturated heterocycles. The molecule has 6 aliphatic carbocycles. The lowest BCUT2D eigenvalue weighted by Gasteiger charge is -2.72. The second-order valence-electron chi connectivity index (χ2n) is 21.0. The number of carboxylic acids is 1. The Labute approximate surface area is 319 Å². The maximum absolute atomic E-state index is 14.0. The number of esters is 1. The summed E-state index contributed by atoms with van der Waals surface area (Å²) in [6.07, 6.45) is 12.7. The molecule has 7 nitrogen and oxygen atoms in total. The Bertz CT molecular complexity index is 1680. The summed E-state index contributed by atoms with van der Waals surface area (Å²) in [6, 6.07) is 4.23. The van der Waals surface area contributed by atoms with Crippen LogP contribution in [0.2, 0.25) is 0 Å². The highest BCUT2D eigenvalue weighted by atomic mass is 16.5. The second-order valence-corrected chi connectivity index (χ2v) is 21.0. The van der Waals surface area contributed by atoms with Crippen molar-refractivity contribution in [2.75, 3.05) is 6.54 Å². The maximum atomic E-state index is 14.0. The Morgan fingerprint density at radius 2 is 1.64 bits per heavy atom. The molecule has 7 rings (SSSR count). The number of carbonyl (C=O) groups is 3. The number of nitrogens with one attached hydrogen (secondary N) is 1. The summed E-state index contributed by atoms with van der Waals surface area (Å²) in [7, 11) is 0. The molecule has 0 aliphatic heterocycles. The molecule has 0 unspecified atom stereocenters. The zero-order chi connectivity index (χ0) is 38.5. The van der Waals surface area contributed by atoms with Crippen LogP contribution in [0.1, 0.15) is 144 Å². The van der Waals surface area contributed by atoms with Crippen molar-refractivity contribution in [2.24, 2.45) is 68.0 Å². The van der Waals surface area contributed by atoms with E-state index < -0.39 is 17.3 Å².